The molecule has 2 heterocycles. The van der Waals surface area contributed by atoms with Crippen molar-refractivity contribution in [3.8, 4) is 0 Å². The van der Waals surface area contributed by atoms with E-state index in [2.05, 4.69) is 15.2 Å². The summed E-state index contributed by atoms with van der Waals surface area (Å²) in [6.07, 6.45) is 1.53. The summed E-state index contributed by atoms with van der Waals surface area (Å²) >= 11 is 0. The van der Waals surface area contributed by atoms with Crippen LogP contribution in [-0.2, 0) is 10.0 Å². The fourth-order valence-corrected chi connectivity index (χ4v) is 4.34. The van der Waals surface area contributed by atoms with Crippen molar-refractivity contribution in [2.45, 2.75) is 57.9 Å². The van der Waals surface area contributed by atoms with E-state index in [1.54, 1.807) is 18.7 Å². The van der Waals surface area contributed by atoms with Gasteiger partial charge >= 0.3 is 6.03 Å². The standard InChI is InChI=1S/C16H28N4O4S/c1-11-14(12(2)24-19-11)25(22,23)17-10-13-6-8-20(9-7-13)15(21)18-16(3,4)5/h13,17H,6-10H2,1-5H3,(H,18,21). The summed E-state index contributed by atoms with van der Waals surface area (Å²) in [7, 11) is -3.63. The molecule has 2 N–H and O–H groups in total. The number of likely N-dealkylation sites (tertiary alicyclic amines) is 1. The Kier molecular flexibility index (Phi) is 5.78. The number of urea groups is 1. The van der Waals surface area contributed by atoms with Crippen molar-refractivity contribution in [2.75, 3.05) is 19.6 Å². The van der Waals surface area contributed by atoms with Crippen LogP contribution >= 0.6 is 0 Å². The van der Waals surface area contributed by atoms with E-state index in [-0.39, 0.29) is 22.4 Å². The summed E-state index contributed by atoms with van der Waals surface area (Å²) in [6, 6.07) is -0.0674. The first-order valence-electron chi connectivity index (χ1n) is 8.49. The van der Waals surface area contributed by atoms with Crippen LogP contribution in [-0.4, -0.2) is 49.7 Å². The number of rotatable bonds is 4. The largest absolute Gasteiger partial charge is 0.360 e. The Morgan fingerprint density at radius 2 is 1.88 bits per heavy atom. The second-order valence-electron chi connectivity index (χ2n) is 7.62. The smallest absolute Gasteiger partial charge is 0.317 e. The van der Waals surface area contributed by atoms with Crippen LogP contribution in [0.25, 0.3) is 0 Å². The van der Waals surface area contributed by atoms with Gasteiger partial charge < -0.3 is 14.7 Å². The quantitative estimate of drug-likeness (QED) is 0.838. The van der Waals surface area contributed by atoms with Gasteiger partial charge in [-0.3, -0.25) is 0 Å². The van der Waals surface area contributed by atoms with E-state index >= 15 is 0 Å². The molecule has 0 aromatic carbocycles. The highest BCUT2D eigenvalue weighted by Crippen LogP contribution is 2.21. The summed E-state index contributed by atoms with van der Waals surface area (Å²) in [5.41, 5.74) is 0.0939. The zero-order chi connectivity index (χ0) is 18.8. The van der Waals surface area contributed by atoms with Crippen molar-refractivity contribution in [3.63, 3.8) is 0 Å². The number of carbonyl (C=O) groups is 1. The third-order valence-corrected chi connectivity index (χ3v) is 5.85. The first-order chi connectivity index (χ1) is 11.5. The summed E-state index contributed by atoms with van der Waals surface area (Å²) in [5, 5.41) is 6.64. The molecule has 0 unspecified atom stereocenters. The van der Waals surface area contributed by atoms with Gasteiger partial charge in [-0.1, -0.05) is 5.16 Å². The molecule has 2 amide bonds. The Labute approximate surface area is 149 Å². The fourth-order valence-electron chi connectivity index (χ4n) is 2.90. The minimum absolute atomic E-state index is 0.0674. The molecule has 1 fully saturated rings. The van der Waals surface area contributed by atoms with Crippen molar-refractivity contribution < 1.29 is 17.7 Å². The number of nitrogens with one attached hydrogen (secondary N) is 2. The fraction of sp³-hybridized carbons (Fsp3) is 0.750. The van der Waals surface area contributed by atoms with Crippen LogP contribution in [0, 0.1) is 19.8 Å². The molecule has 2 rings (SSSR count). The molecule has 1 aliphatic heterocycles. The average molecular weight is 372 g/mol. The molecular formula is C16H28N4O4S. The second kappa shape index (κ2) is 7.33. The molecule has 9 heteroatoms. The summed E-state index contributed by atoms with van der Waals surface area (Å²) in [5.74, 6) is 0.493. The van der Waals surface area contributed by atoms with Crippen LogP contribution in [0.5, 0.6) is 0 Å². The Morgan fingerprint density at radius 1 is 1.28 bits per heavy atom. The van der Waals surface area contributed by atoms with E-state index < -0.39 is 10.0 Å². The predicted molar refractivity (Wildman–Crippen MR) is 93.7 cm³/mol. The maximum atomic E-state index is 12.4. The lowest BCUT2D eigenvalue weighted by atomic mass is 9.97. The van der Waals surface area contributed by atoms with E-state index in [0.29, 0.717) is 31.1 Å². The van der Waals surface area contributed by atoms with Gasteiger partial charge in [-0.15, -0.1) is 0 Å². The first-order valence-corrected chi connectivity index (χ1v) is 9.97. The lowest BCUT2D eigenvalue weighted by Gasteiger charge is -2.34. The van der Waals surface area contributed by atoms with Gasteiger partial charge in [0.15, 0.2) is 5.76 Å². The first kappa shape index (κ1) is 19.7. The highest BCUT2D eigenvalue weighted by molar-refractivity contribution is 7.89. The minimum Gasteiger partial charge on any atom is -0.360 e. The van der Waals surface area contributed by atoms with Crippen molar-refractivity contribution in [3.05, 3.63) is 11.5 Å². The maximum Gasteiger partial charge on any atom is 0.317 e. The van der Waals surface area contributed by atoms with E-state index in [4.69, 9.17) is 4.52 Å². The van der Waals surface area contributed by atoms with Crippen LogP contribution in [0.2, 0.25) is 0 Å². The van der Waals surface area contributed by atoms with Gasteiger partial charge in [0.05, 0.1) is 0 Å². The Morgan fingerprint density at radius 3 is 2.36 bits per heavy atom. The van der Waals surface area contributed by atoms with Crippen LogP contribution < -0.4 is 10.0 Å². The van der Waals surface area contributed by atoms with E-state index in [1.165, 1.54) is 0 Å². The molecule has 0 saturated carbocycles. The monoisotopic (exact) mass is 372 g/mol. The SMILES string of the molecule is Cc1noc(C)c1S(=O)(=O)NCC1CCN(C(=O)NC(C)(C)C)CC1. The van der Waals surface area contributed by atoms with Crippen LogP contribution in [0.3, 0.4) is 0 Å². The van der Waals surface area contributed by atoms with Crippen LogP contribution in [0.1, 0.15) is 45.1 Å². The van der Waals surface area contributed by atoms with Crippen molar-refractivity contribution in [2.24, 2.45) is 5.92 Å². The Hall–Kier alpha value is -1.61. The molecular weight excluding hydrogens is 344 g/mol. The molecule has 1 aromatic rings. The van der Waals surface area contributed by atoms with Crippen LogP contribution in [0.15, 0.2) is 9.42 Å². The molecule has 142 valence electrons. The molecule has 0 bridgehead atoms. The van der Waals surface area contributed by atoms with Crippen molar-refractivity contribution in [1.82, 2.24) is 20.1 Å². The topological polar surface area (TPSA) is 105 Å². The number of nitrogens with zero attached hydrogens (tertiary/aromatic N) is 2. The number of aryl methyl sites for hydroxylation is 2. The average Bonchev–Trinajstić information content (AvgIpc) is 2.84. The second-order valence-corrected chi connectivity index (χ2v) is 9.32. The van der Waals surface area contributed by atoms with Crippen LogP contribution in [0.4, 0.5) is 4.79 Å². The van der Waals surface area contributed by atoms with Gasteiger partial charge in [-0.25, -0.2) is 17.9 Å². The van der Waals surface area contributed by atoms with Gasteiger partial charge in [0, 0.05) is 25.2 Å². The van der Waals surface area contributed by atoms with Gasteiger partial charge in [-0.05, 0) is 53.4 Å². The van der Waals surface area contributed by atoms with E-state index in [9.17, 15) is 13.2 Å². The molecule has 0 atom stereocenters. The normalized spacial score (nSPS) is 16.9. The third kappa shape index (κ3) is 5.18. The molecule has 1 saturated heterocycles. The predicted octanol–water partition coefficient (Wildman–Crippen LogP) is 1.79. The van der Waals surface area contributed by atoms with Gasteiger partial charge in [-0.2, -0.15) is 0 Å². The Balaban J connectivity index is 1.86. The number of hydrogen-bond donors (Lipinski definition) is 2. The minimum atomic E-state index is -3.63. The molecule has 1 aromatic heterocycles. The summed E-state index contributed by atoms with van der Waals surface area (Å²) in [4.78, 5) is 14.1. The number of aromatic nitrogens is 1. The lowest BCUT2D eigenvalue weighted by molar-refractivity contribution is 0.163. The summed E-state index contributed by atoms with van der Waals surface area (Å²) in [6.45, 7) is 10.6. The number of piperidine rings is 1. The molecule has 25 heavy (non-hydrogen) atoms. The maximum absolute atomic E-state index is 12.4. The Bertz CT molecular complexity index is 693. The molecule has 0 radical (unpaired) electrons. The highest BCUT2D eigenvalue weighted by atomic mass is 32.2. The number of sulfonamides is 1. The molecule has 1 aliphatic rings. The van der Waals surface area contributed by atoms with Crippen molar-refractivity contribution >= 4 is 16.1 Å². The summed E-state index contributed by atoms with van der Waals surface area (Å²) < 4.78 is 32.4. The third-order valence-electron chi connectivity index (χ3n) is 4.18. The van der Waals surface area contributed by atoms with Gasteiger partial charge in [0.25, 0.3) is 0 Å². The zero-order valence-corrected chi connectivity index (χ0v) is 16.4. The number of amides is 2. The van der Waals surface area contributed by atoms with Crippen molar-refractivity contribution in [1.29, 1.82) is 0 Å². The van der Waals surface area contributed by atoms with E-state index in [0.717, 1.165) is 12.8 Å². The van der Waals surface area contributed by atoms with Gasteiger partial charge in [0.1, 0.15) is 10.6 Å². The zero-order valence-electron chi connectivity index (χ0n) is 15.5. The molecule has 0 spiro atoms. The highest BCUT2D eigenvalue weighted by Gasteiger charge is 2.28. The molecule has 0 aliphatic carbocycles. The molecule has 8 nitrogen and oxygen atoms in total. The number of carbonyl (C=O) groups excluding carboxylic acids is 1. The van der Waals surface area contributed by atoms with E-state index in [1.807, 2.05) is 20.8 Å². The van der Waals surface area contributed by atoms with Gasteiger partial charge in [0.2, 0.25) is 10.0 Å². The lowest BCUT2D eigenvalue weighted by Crippen LogP contribution is -2.51. The number of hydrogen-bond acceptors (Lipinski definition) is 5.